The Balaban J connectivity index is 0.00000112. The fraction of sp³-hybridized carbons (Fsp3) is 0.889. The number of carbonyl (C=O) groups excluding carboxylic acids is 1. The highest BCUT2D eigenvalue weighted by atomic mass is 35.5. The molecule has 4 nitrogen and oxygen atoms in total. The van der Waals surface area contributed by atoms with E-state index in [1.165, 1.54) is 12.8 Å². The summed E-state index contributed by atoms with van der Waals surface area (Å²) in [5, 5.41) is 6.52. The van der Waals surface area contributed by atoms with Gasteiger partial charge in [0.2, 0.25) is 0 Å². The van der Waals surface area contributed by atoms with Crippen LogP contribution in [0.5, 0.6) is 0 Å². The molecule has 2 heterocycles. The first kappa shape index (κ1) is 16.2. The summed E-state index contributed by atoms with van der Waals surface area (Å²) < 4.78 is 0. The highest BCUT2D eigenvalue weighted by Crippen LogP contribution is 2.32. The molecule has 4 N–H and O–H groups in total. The van der Waals surface area contributed by atoms with E-state index in [1.807, 2.05) is 11.8 Å². The molecule has 2 fully saturated rings. The van der Waals surface area contributed by atoms with Gasteiger partial charge in [0, 0.05) is 11.0 Å². The number of hydrogen-bond donors (Lipinski definition) is 3. The van der Waals surface area contributed by atoms with Gasteiger partial charge in [-0.1, -0.05) is 6.42 Å². The molecule has 0 saturated carbocycles. The van der Waals surface area contributed by atoms with Crippen LogP contribution in [0.4, 0.5) is 4.79 Å². The van der Waals surface area contributed by atoms with Crippen molar-refractivity contribution in [3.63, 3.8) is 0 Å². The highest BCUT2D eigenvalue weighted by Gasteiger charge is 2.42. The SMILES string of the molecule is Cl.Cl.NCCCCC1SC[C@@H]2NC(=O)N[C@H]12. The Morgan fingerprint density at radius 2 is 2.06 bits per heavy atom. The first-order chi connectivity index (χ1) is 6.81. The van der Waals surface area contributed by atoms with E-state index in [9.17, 15) is 4.79 Å². The second-order valence-electron chi connectivity index (χ2n) is 3.91. The van der Waals surface area contributed by atoms with Crippen LogP contribution in [0.15, 0.2) is 0 Å². The lowest BCUT2D eigenvalue weighted by atomic mass is 10.0. The van der Waals surface area contributed by atoms with Gasteiger partial charge in [0.05, 0.1) is 12.1 Å². The molecule has 2 rings (SSSR count). The Hall–Kier alpha value is 0.160. The van der Waals surface area contributed by atoms with Crippen molar-refractivity contribution in [2.75, 3.05) is 12.3 Å². The monoisotopic (exact) mass is 287 g/mol. The number of nitrogens with one attached hydrogen (secondary N) is 2. The van der Waals surface area contributed by atoms with Gasteiger partial charge in [-0.15, -0.1) is 24.8 Å². The molecule has 2 saturated heterocycles. The van der Waals surface area contributed by atoms with Crippen molar-refractivity contribution in [3.8, 4) is 0 Å². The summed E-state index contributed by atoms with van der Waals surface area (Å²) in [5.74, 6) is 1.05. The molecule has 0 bridgehead atoms. The van der Waals surface area contributed by atoms with Gasteiger partial charge in [-0.2, -0.15) is 11.8 Å². The predicted molar refractivity (Wildman–Crippen MR) is 72.9 cm³/mol. The second-order valence-corrected chi connectivity index (χ2v) is 5.18. The van der Waals surface area contributed by atoms with E-state index in [2.05, 4.69) is 10.6 Å². The third-order valence-corrected chi connectivity index (χ3v) is 4.39. The number of hydrogen-bond acceptors (Lipinski definition) is 3. The molecule has 0 aliphatic carbocycles. The molecule has 0 aromatic heterocycles. The number of unbranched alkanes of at least 4 members (excludes halogenated alkanes) is 1. The van der Waals surface area contributed by atoms with Gasteiger partial charge in [-0.3, -0.25) is 0 Å². The molecule has 2 aliphatic rings. The minimum Gasteiger partial charge on any atom is -0.332 e. The topological polar surface area (TPSA) is 67.1 Å². The van der Waals surface area contributed by atoms with Crippen LogP contribution < -0.4 is 16.4 Å². The van der Waals surface area contributed by atoms with Crippen molar-refractivity contribution in [2.24, 2.45) is 5.73 Å². The van der Waals surface area contributed by atoms with Crippen LogP contribution in [0, 0.1) is 0 Å². The van der Waals surface area contributed by atoms with E-state index in [-0.39, 0.29) is 30.8 Å². The number of halogens is 2. The van der Waals surface area contributed by atoms with Crippen LogP contribution >= 0.6 is 36.6 Å². The minimum absolute atomic E-state index is 0. The largest absolute Gasteiger partial charge is 0.332 e. The lowest BCUT2D eigenvalue weighted by molar-refractivity contribution is 0.247. The van der Waals surface area contributed by atoms with E-state index < -0.39 is 0 Å². The first-order valence-corrected chi connectivity index (χ1v) is 6.25. The van der Waals surface area contributed by atoms with Crippen LogP contribution in [-0.2, 0) is 0 Å². The van der Waals surface area contributed by atoms with E-state index in [0.29, 0.717) is 17.3 Å². The van der Waals surface area contributed by atoms with E-state index in [0.717, 1.165) is 18.7 Å². The average Bonchev–Trinajstić information content (AvgIpc) is 2.66. The predicted octanol–water partition coefficient (Wildman–Crippen LogP) is 1.12. The molecular formula is C9H19Cl2N3OS. The maximum absolute atomic E-state index is 11.1. The standard InChI is InChI=1S/C9H17N3OS.2ClH/c10-4-2-1-3-7-8-6(5-14-7)11-9(13)12-8;;/h6-8H,1-5,10H2,(H2,11,12,13);2*1H/t6-,7?,8-;;/m0../s1. The first-order valence-electron chi connectivity index (χ1n) is 5.20. The van der Waals surface area contributed by atoms with Gasteiger partial charge >= 0.3 is 6.03 Å². The summed E-state index contributed by atoms with van der Waals surface area (Å²) in [7, 11) is 0. The van der Waals surface area contributed by atoms with Gasteiger partial charge < -0.3 is 16.4 Å². The number of thioether (sulfide) groups is 1. The molecule has 96 valence electrons. The molecule has 0 spiro atoms. The smallest absolute Gasteiger partial charge is 0.315 e. The zero-order valence-electron chi connectivity index (χ0n) is 8.98. The maximum Gasteiger partial charge on any atom is 0.315 e. The number of amides is 2. The Bertz CT molecular complexity index is 233. The maximum atomic E-state index is 11.1. The number of urea groups is 1. The zero-order chi connectivity index (χ0) is 9.97. The molecular weight excluding hydrogens is 269 g/mol. The van der Waals surface area contributed by atoms with E-state index in [4.69, 9.17) is 5.73 Å². The Labute approximate surface area is 113 Å². The Morgan fingerprint density at radius 1 is 1.31 bits per heavy atom. The van der Waals surface area contributed by atoms with Crippen LogP contribution in [0.25, 0.3) is 0 Å². The van der Waals surface area contributed by atoms with Crippen molar-refractivity contribution in [1.82, 2.24) is 10.6 Å². The normalized spacial score (nSPS) is 30.8. The summed E-state index contributed by atoms with van der Waals surface area (Å²) in [6, 6.07) is 0.713. The third kappa shape index (κ3) is 3.58. The molecule has 16 heavy (non-hydrogen) atoms. The molecule has 2 amide bonds. The number of fused-ring (bicyclic) bond motifs is 1. The van der Waals surface area contributed by atoms with Gasteiger partial charge in [0.25, 0.3) is 0 Å². The summed E-state index contributed by atoms with van der Waals surface area (Å²) in [6.07, 6.45) is 3.44. The van der Waals surface area contributed by atoms with Crippen LogP contribution in [0.3, 0.4) is 0 Å². The molecule has 0 aromatic carbocycles. The van der Waals surface area contributed by atoms with E-state index in [1.54, 1.807) is 0 Å². The van der Waals surface area contributed by atoms with Crippen LogP contribution in [0.1, 0.15) is 19.3 Å². The fourth-order valence-corrected chi connectivity index (χ4v) is 3.68. The van der Waals surface area contributed by atoms with Crippen molar-refractivity contribution >= 4 is 42.6 Å². The van der Waals surface area contributed by atoms with Gasteiger partial charge in [0.15, 0.2) is 0 Å². The van der Waals surface area contributed by atoms with Gasteiger partial charge in [-0.05, 0) is 19.4 Å². The van der Waals surface area contributed by atoms with Crippen LogP contribution in [-0.4, -0.2) is 35.7 Å². The summed E-state index contributed by atoms with van der Waals surface area (Å²) >= 11 is 1.97. The molecule has 1 unspecified atom stereocenters. The third-order valence-electron chi connectivity index (χ3n) is 2.88. The Kier molecular flexibility index (Phi) is 7.55. The minimum atomic E-state index is 0. The molecule has 0 radical (unpaired) electrons. The van der Waals surface area contributed by atoms with Crippen molar-refractivity contribution in [1.29, 1.82) is 0 Å². The lowest BCUT2D eigenvalue weighted by Crippen LogP contribution is -2.36. The summed E-state index contributed by atoms with van der Waals surface area (Å²) in [4.78, 5) is 11.1. The number of nitrogens with two attached hydrogens (primary N) is 1. The second kappa shape index (κ2) is 7.48. The lowest BCUT2D eigenvalue weighted by Gasteiger charge is -2.16. The van der Waals surface area contributed by atoms with E-state index >= 15 is 0 Å². The highest BCUT2D eigenvalue weighted by molar-refractivity contribution is 8.00. The average molecular weight is 288 g/mol. The fourth-order valence-electron chi connectivity index (χ4n) is 2.13. The van der Waals surface area contributed by atoms with Gasteiger partial charge in [0.1, 0.15) is 0 Å². The summed E-state index contributed by atoms with van der Waals surface area (Å²) in [6.45, 7) is 0.774. The molecule has 3 atom stereocenters. The number of carbonyl (C=O) groups is 1. The molecule has 7 heteroatoms. The molecule has 0 aromatic rings. The molecule has 2 aliphatic heterocycles. The van der Waals surface area contributed by atoms with Crippen molar-refractivity contribution in [2.45, 2.75) is 36.6 Å². The van der Waals surface area contributed by atoms with Crippen LogP contribution in [0.2, 0.25) is 0 Å². The number of rotatable bonds is 4. The van der Waals surface area contributed by atoms with Gasteiger partial charge in [-0.25, -0.2) is 4.79 Å². The summed E-state index contributed by atoms with van der Waals surface area (Å²) in [5.41, 5.74) is 5.45. The zero-order valence-corrected chi connectivity index (χ0v) is 11.4. The quantitative estimate of drug-likeness (QED) is 0.536. The van der Waals surface area contributed by atoms with Crippen molar-refractivity contribution < 1.29 is 4.79 Å². The Morgan fingerprint density at radius 3 is 2.75 bits per heavy atom. The van der Waals surface area contributed by atoms with Crippen molar-refractivity contribution in [3.05, 3.63) is 0 Å².